The average Bonchev–Trinajstić information content (AvgIpc) is 2.38. The van der Waals surface area contributed by atoms with E-state index in [-0.39, 0.29) is 6.04 Å². The van der Waals surface area contributed by atoms with E-state index in [4.69, 9.17) is 5.73 Å². The fourth-order valence-corrected chi connectivity index (χ4v) is 2.26. The summed E-state index contributed by atoms with van der Waals surface area (Å²) in [5.74, 6) is 0. The monoisotopic (exact) mass is 240 g/mol. The lowest BCUT2D eigenvalue weighted by Gasteiger charge is -2.19. The lowest BCUT2D eigenvalue weighted by molar-refractivity contribution is 0.862. The predicted molar refractivity (Wildman–Crippen MR) is 77.9 cm³/mol. The van der Waals surface area contributed by atoms with Gasteiger partial charge in [-0.15, -0.1) is 0 Å². The maximum Gasteiger partial charge on any atom is 0.0574 e. The van der Waals surface area contributed by atoms with Crippen LogP contribution in [0.4, 0.5) is 5.69 Å². The smallest absolute Gasteiger partial charge is 0.0574 e. The molecule has 1 atom stereocenters. The third-order valence-corrected chi connectivity index (χ3v) is 3.34. The summed E-state index contributed by atoms with van der Waals surface area (Å²) in [5, 5.41) is 3.23. The topological polar surface area (TPSA) is 38.0 Å². The molecule has 0 aliphatic heterocycles. The number of nitrogens with one attached hydrogen (secondary N) is 1. The highest BCUT2D eigenvalue weighted by molar-refractivity contribution is 5.56. The highest BCUT2D eigenvalue weighted by atomic mass is 14.8. The standard InChI is InChI=1S/C16H20N2/c1-11-8-9-14(15(10-11)18-3)16(17)13-7-5-4-6-12(13)2/h4-10,16,18H,17H2,1-3H3. The van der Waals surface area contributed by atoms with Gasteiger partial charge >= 0.3 is 0 Å². The summed E-state index contributed by atoms with van der Waals surface area (Å²) >= 11 is 0. The zero-order valence-electron chi connectivity index (χ0n) is 11.2. The molecule has 2 heteroatoms. The molecule has 0 spiro atoms. The second kappa shape index (κ2) is 5.23. The van der Waals surface area contributed by atoms with Gasteiger partial charge in [-0.2, -0.15) is 0 Å². The van der Waals surface area contributed by atoms with Gasteiger partial charge in [-0.05, 0) is 42.2 Å². The molecule has 0 aromatic heterocycles. The molecular weight excluding hydrogens is 220 g/mol. The van der Waals surface area contributed by atoms with E-state index in [1.807, 2.05) is 19.2 Å². The van der Waals surface area contributed by atoms with Crippen molar-refractivity contribution in [2.24, 2.45) is 5.73 Å². The van der Waals surface area contributed by atoms with Crippen molar-refractivity contribution < 1.29 is 0 Å². The summed E-state index contributed by atoms with van der Waals surface area (Å²) in [6.07, 6.45) is 0. The van der Waals surface area contributed by atoms with Crippen LogP contribution in [0.3, 0.4) is 0 Å². The molecule has 0 radical (unpaired) electrons. The van der Waals surface area contributed by atoms with Gasteiger partial charge in [0.15, 0.2) is 0 Å². The van der Waals surface area contributed by atoms with Crippen molar-refractivity contribution in [3.8, 4) is 0 Å². The molecular formula is C16H20N2. The summed E-state index contributed by atoms with van der Waals surface area (Å²) in [5.41, 5.74) is 12.3. The lowest BCUT2D eigenvalue weighted by Crippen LogP contribution is -2.15. The minimum absolute atomic E-state index is 0.0887. The van der Waals surface area contributed by atoms with Crippen LogP contribution >= 0.6 is 0 Å². The van der Waals surface area contributed by atoms with E-state index in [1.54, 1.807) is 0 Å². The number of hydrogen-bond acceptors (Lipinski definition) is 2. The molecule has 0 heterocycles. The van der Waals surface area contributed by atoms with Gasteiger partial charge in [-0.3, -0.25) is 0 Å². The van der Waals surface area contributed by atoms with Gasteiger partial charge in [0.05, 0.1) is 6.04 Å². The summed E-state index contributed by atoms with van der Waals surface area (Å²) in [6.45, 7) is 4.19. The SMILES string of the molecule is CNc1cc(C)ccc1C(N)c1ccccc1C. The first-order valence-corrected chi connectivity index (χ1v) is 6.23. The summed E-state index contributed by atoms with van der Waals surface area (Å²) in [7, 11) is 1.93. The Balaban J connectivity index is 2.46. The fourth-order valence-electron chi connectivity index (χ4n) is 2.26. The molecule has 0 aliphatic rings. The number of aryl methyl sites for hydroxylation is 2. The maximum absolute atomic E-state index is 6.40. The zero-order valence-corrected chi connectivity index (χ0v) is 11.2. The normalized spacial score (nSPS) is 12.2. The Labute approximate surface area is 109 Å². The van der Waals surface area contributed by atoms with Crippen LogP contribution in [-0.4, -0.2) is 7.05 Å². The fraction of sp³-hybridized carbons (Fsp3) is 0.250. The molecule has 2 rings (SSSR count). The largest absolute Gasteiger partial charge is 0.388 e. The maximum atomic E-state index is 6.40. The minimum atomic E-state index is -0.0887. The van der Waals surface area contributed by atoms with Gasteiger partial charge in [0, 0.05) is 12.7 Å². The Kier molecular flexibility index (Phi) is 3.68. The second-order valence-corrected chi connectivity index (χ2v) is 4.67. The number of rotatable bonds is 3. The Morgan fingerprint density at radius 1 is 1.00 bits per heavy atom. The van der Waals surface area contributed by atoms with E-state index in [2.05, 4.69) is 49.5 Å². The first-order chi connectivity index (χ1) is 8.63. The average molecular weight is 240 g/mol. The first-order valence-electron chi connectivity index (χ1n) is 6.23. The van der Waals surface area contributed by atoms with Gasteiger partial charge in [-0.1, -0.05) is 36.4 Å². The lowest BCUT2D eigenvalue weighted by atomic mass is 9.94. The molecule has 18 heavy (non-hydrogen) atoms. The Morgan fingerprint density at radius 2 is 1.72 bits per heavy atom. The molecule has 94 valence electrons. The number of anilines is 1. The second-order valence-electron chi connectivity index (χ2n) is 4.67. The van der Waals surface area contributed by atoms with Gasteiger partial charge in [-0.25, -0.2) is 0 Å². The highest BCUT2D eigenvalue weighted by Crippen LogP contribution is 2.28. The van der Waals surface area contributed by atoms with Crippen molar-refractivity contribution in [1.82, 2.24) is 0 Å². The number of hydrogen-bond donors (Lipinski definition) is 2. The van der Waals surface area contributed by atoms with Crippen molar-refractivity contribution in [1.29, 1.82) is 0 Å². The third-order valence-electron chi connectivity index (χ3n) is 3.34. The quantitative estimate of drug-likeness (QED) is 0.863. The molecule has 0 saturated carbocycles. The van der Waals surface area contributed by atoms with Crippen LogP contribution in [0.1, 0.15) is 28.3 Å². The van der Waals surface area contributed by atoms with Gasteiger partial charge in [0.25, 0.3) is 0 Å². The molecule has 2 aromatic carbocycles. The van der Waals surface area contributed by atoms with Gasteiger partial charge < -0.3 is 11.1 Å². The molecule has 2 aromatic rings. The van der Waals surface area contributed by atoms with E-state index >= 15 is 0 Å². The number of nitrogens with two attached hydrogens (primary N) is 1. The van der Waals surface area contributed by atoms with Crippen molar-refractivity contribution in [2.75, 3.05) is 12.4 Å². The van der Waals surface area contributed by atoms with Crippen molar-refractivity contribution in [2.45, 2.75) is 19.9 Å². The van der Waals surface area contributed by atoms with Crippen LogP contribution in [0.5, 0.6) is 0 Å². The van der Waals surface area contributed by atoms with Gasteiger partial charge in [0.2, 0.25) is 0 Å². The Morgan fingerprint density at radius 3 is 2.39 bits per heavy atom. The third kappa shape index (κ3) is 2.39. The van der Waals surface area contributed by atoms with E-state index < -0.39 is 0 Å². The van der Waals surface area contributed by atoms with Crippen LogP contribution in [0.15, 0.2) is 42.5 Å². The van der Waals surface area contributed by atoms with Crippen molar-refractivity contribution >= 4 is 5.69 Å². The summed E-state index contributed by atoms with van der Waals surface area (Å²) < 4.78 is 0. The van der Waals surface area contributed by atoms with Gasteiger partial charge in [0.1, 0.15) is 0 Å². The Hall–Kier alpha value is -1.80. The molecule has 1 unspecified atom stereocenters. The first kappa shape index (κ1) is 12.7. The van der Waals surface area contributed by atoms with Crippen molar-refractivity contribution in [3.05, 3.63) is 64.7 Å². The summed E-state index contributed by atoms with van der Waals surface area (Å²) in [6, 6.07) is 14.5. The molecule has 0 bridgehead atoms. The van der Waals surface area contributed by atoms with Crippen LogP contribution in [0.2, 0.25) is 0 Å². The van der Waals surface area contributed by atoms with E-state index in [0.29, 0.717) is 0 Å². The molecule has 0 saturated heterocycles. The predicted octanol–water partition coefficient (Wildman–Crippen LogP) is 3.39. The molecule has 2 nitrogen and oxygen atoms in total. The van der Waals surface area contributed by atoms with Crippen LogP contribution in [0, 0.1) is 13.8 Å². The highest BCUT2D eigenvalue weighted by Gasteiger charge is 2.14. The zero-order chi connectivity index (χ0) is 13.1. The molecule has 0 aliphatic carbocycles. The summed E-state index contributed by atoms with van der Waals surface area (Å²) in [4.78, 5) is 0. The van der Waals surface area contributed by atoms with Crippen LogP contribution < -0.4 is 11.1 Å². The number of benzene rings is 2. The van der Waals surface area contributed by atoms with E-state index in [9.17, 15) is 0 Å². The Bertz CT molecular complexity index is 547. The van der Waals surface area contributed by atoms with E-state index in [1.165, 1.54) is 16.7 Å². The molecule has 0 fully saturated rings. The molecule has 3 N–H and O–H groups in total. The van der Waals surface area contributed by atoms with Crippen LogP contribution in [0.25, 0.3) is 0 Å². The van der Waals surface area contributed by atoms with Crippen molar-refractivity contribution in [3.63, 3.8) is 0 Å². The van der Waals surface area contributed by atoms with E-state index in [0.717, 1.165) is 11.3 Å². The molecule has 0 amide bonds. The van der Waals surface area contributed by atoms with Crippen LogP contribution in [-0.2, 0) is 0 Å². The minimum Gasteiger partial charge on any atom is -0.388 e.